The first-order valence-corrected chi connectivity index (χ1v) is 9.41. The van der Waals surface area contributed by atoms with Gasteiger partial charge < -0.3 is 5.32 Å². The molecule has 1 aromatic heterocycles. The molecule has 0 atom stereocenters. The predicted molar refractivity (Wildman–Crippen MR) is 116 cm³/mol. The van der Waals surface area contributed by atoms with E-state index in [1.165, 1.54) is 0 Å². The standard InChI is InChI=1S/C24H21N3O2/c1-15-8-9-18(14-16(15)2)23(28)26-19-10-12-20(13-11-19)27-17(3)25-22-7-5-4-6-21(22)24(27)29/h4-14H,1-3H3,(H,26,28). The third kappa shape index (κ3) is 3.55. The van der Waals surface area contributed by atoms with E-state index in [1.54, 1.807) is 34.9 Å². The molecule has 0 aliphatic heterocycles. The van der Waals surface area contributed by atoms with Crippen LogP contribution in [-0.2, 0) is 0 Å². The molecular formula is C24H21N3O2. The van der Waals surface area contributed by atoms with Crippen molar-refractivity contribution in [3.05, 3.63) is 99.6 Å². The van der Waals surface area contributed by atoms with E-state index in [4.69, 9.17) is 0 Å². The molecule has 5 heteroatoms. The molecule has 3 aromatic carbocycles. The molecule has 0 saturated heterocycles. The molecule has 5 nitrogen and oxygen atoms in total. The van der Waals surface area contributed by atoms with E-state index in [0.717, 1.165) is 11.1 Å². The number of carbonyl (C=O) groups excluding carboxylic acids is 1. The summed E-state index contributed by atoms with van der Waals surface area (Å²) in [5.41, 5.74) is 4.78. The minimum absolute atomic E-state index is 0.111. The van der Waals surface area contributed by atoms with Crippen molar-refractivity contribution < 1.29 is 4.79 Å². The summed E-state index contributed by atoms with van der Waals surface area (Å²) in [5, 5.41) is 3.47. The molecule has 29 heavy (non-hydrogen) atoms. The Balaban J connectivity index is 1.63. The molecule has 1 N–H and O–H groups in total. The van der Waals surface area contributed by atoms with Gasteiger partial charge in [0.05, 0.1) is 16.6 Å². The number of nitrogens with zero attached hydrogens (tertiary/aromatic N) is 2. The molecule has 1 heterocycles. The van der Waals surface area contributed by atoms with Crippen LogP contribution in [0, 0.1) is 20.8 Å². The lowest BCUT2D eigenvalue weighted by molar-refractivity contribution is 0.102. The topological polar surface area (TPSA) is 64.0 Å². The van der Waals surface area contributed by atoms with Gasteiger partial charge in [-0.3, -0.25) is 14.2 Å². The summed E-state index contributed by atoms with van der Waals surface area (Å²) in [6.45, 7) is 5.81. The number of hydrogen-bond donors (Lipinski definition) is 1. The number of benzene rings is 3. The number of amides is 1. The van der Waals surface area contributed by atoms with Crippen molar-refractivity contribution in [3.8, 4) is 5.69 Å². The minimum Gasteiger partial charge on any atom is -0.322 e. The van der Waals surface area contributed by atoms with E-state index in [1.807, 2.05) is 57.2 Å². The van der Waals surface area contributed by atoms with E-state index in [9.17, 15) is 9.59 Å². The molecule has 1 amide bonds. The Kier molecular flexibility index (Phi) is 4.72. The zero-order valence-corrected chi connectivity index (χ0v) is 16.6. The summed E-state index contributed by atoms with van der Waals surface area (Å²) >= 11 is 0. The molecule has 0 radical (unpaired) electrons. The van der Waals surface area contributed by atoms with E-state index >= 15 is 0 Å². The van der Waals surface area contributed by atoms with Crippen molar-refractivity contribution in [2.75, 3.05) is 5.32 Å². The molecule has 0 spiro atoms. The zero-order valence-electron chi connectivity index (χ0n) is 16.6. The Morgan fingerprint density at radius 1 is 0.897 bits per heavy atom. The fraction of sp³-hybridized carbons (Fsp3) is 0.125. The summed E-state index contributed by atoms with van der Waals surface area (Å²) in [6.07, 6.45) is 0. The number of aromatic nitrogens is 2. The first kappa shape index (κ1) is 18.6. The third-order valence-electron chi connectivity index (χ3n) is 5.10. The SMILES string of the molecule is Cc1ccc(C(=O)Nc2ccc(-n3c(C)nc4ccccc4c3=O)cc2)cc1C. The molecular weight excluding hydrogens is 362 g/mol. The summed E-state index contributed by atoms with van der Waals surface area (Å²) in [6, 6.07) is 20.1. The number of fused-ring (bicyclic) bond motifs is 1. The minimum atomic E-state index is -0.165. The van der Waals surface area contributed by atoms with E-state index in [2.05, 4.69) is 10.3 Å². The summed E-state index contributed by atoms with van der Waals surface area (Å²) in [5.74, 6) is 0.446. The Hall–Kier alpha value is -3.73. The van der Waals surface area contributed by atoms with Gasteiger partial charge >= 0.3 is 0 Å². The van der Waals surface area contributed by atoms with Crippen molar-refractivity contribution in [1.29, 1.82) is 0 Å². The van der Waals surface area contributed by atoms with Crippen LogP contribution in [0.3, 0.4) is 0 Å². The third-order valence-corrected chi connectivity index (χ3v) is 5.10. The van der Waals surface area contributed by atoms with E-state index in [-0.39, 0.29) is 11.5 Å². The molecule has 0 saturated carbocycles. The van der Waals surface area contributed by atoms with Crippen LogP contribution in [0.5, 0.6) is 0 Å². The molecule has 4 rings (SSSR count). The van der Waals surface area contributed by atoms with Crippen molar-refractivity contribution in [2.24, 2.45) is 0 Å². The molecule has 0 unspecified atom stereocenters. The van der Waals surface area contributed by atoms with Crippen molar-refractivity contribution in [2.45, 2.75) is 20.8 Å². The zero-order chi connectivity index (χ0) is 20.5. The fourth-order valence-electron chi connectivity index (χ4n) is 3.33. The highest BCUT2D eigenvalue weighted by atomic mass is 16.1. The number of carbonyl (C=O) groups is 1. The average Bonchev–Trinajstić information content (AvgIpc) is 2.71. The van der Waals surface area contributed by atoms with Gasteiger partial charge in [0.25, 0.3) is 11.5 Å². The van der Waals surface area contributed by atoms with Crippen LogP contribution in [0.2, 0.25) is 0 Å². The van der Waals surface area contributed by atoms with Crippen LogP contribution in [0.25, 0.3) is 16.6 Å². The molecule has 144 valence electrons. The lowest BCUT2D eigenvalue weighted by Crippen LogP contribution is -2.22. The highest BCUT2D eigenvalue weighted by Gasteiger charge is 2.11. The normalized spacial score (nSPS) is 10.9. The van der Waals surface area contributed by atoms with Gasteiger partial charge in [-0.2, -0.15) is 0 Å². The number of anilines is 1. The molecule has 0 aliphatic carbocycles. The highest BCUT2D eigenvalue weighted by molar-refractivity contribution is 6.04. The number of rotatable bonds is 3. The van der Waals surface area contributed by atoms with Gasteiger partial charge in [0.1, 0.15) is 5.82 Å². The van der Waals surface area contributed by atoms with E-state index in [0.29, 0.717) is 33.7 Å². The largest absolute Gasteiger partial charge is 0.322 e. The molecule has 0 fully saturated rings. The maximum Gasteiger partial charge on any atom is 0.265 e. The van der Waals surface area contributed by atoms with Crippen LogP contribution in [-0.4, -0.2) is 15.5 Å². The van der Waals surface area contributed by atoms with Gasteiger partial charge in [-0.25, -0.2) is 4.98 Å². The molecule has 4 aromatic rings. The fourth-order valence-corrected chi connectivity index (χ4v) is 3.33. The summed E-state index contributed by atoms with van der Waals surface area (Å²) in [7, 11) is 0. The van der Waals surface area contributed by atoms with Gasteiger partial charge in [-0.15, -0.1) is 0 Å². The highest BCUT2D eigenvalue weighted by Crippen LogP contribution is 2.17. The lowest BCUT2D eigenvalue weighted by atomic mass is 10.1. The van der Waals surface area contributed by atoms with Crippen LogP contribution in [0.1, 0.15) is 27.3 Å². The second kappa shape index (κ2) is 7.36. The Morgan fingerprint density at radius 3 is 2.34 bits per heavy atom. The first-order valence-electron chi connectivity index (χ1n) is 9.41. The predicted octanol–water partition coefficient (Wildman–Crippen LogP) is 4.56. The van der Waals surface area contributed by atoms with Crippen molar-refractivity contribution in [3.63, 3.8) is 0 Å². The van der Waals surface area contributed by atoms with Gasteiger partial charge in [0.15, 0.2) is 0 Å². The van der Waals surface area contributed by atoms with Gasteiger partial charge in [-0.1, -0.05) is 18.2 Å². The van der Waals surface area contributed by atoms with Gasteiger partial charge in [0, 0.05) is 11.3 Å². The summed E-state index contributed by atoms with van der Waals surface area (Å²) < 4.78 is 1.58. The smallest absolute Gasteiger partial charge is 0.265 e. The molecule has 0 bridgehead atoms. The monoisotopic (exact) mass is 383 g/mol. The Morgan fingerprint density at radius 2 is 1.62 bits per heavy atom. The number of aryl methyl sites for hydroxylation is 3. The van der Waals surface area contributed by atoms with Crippen LogP contribution in [0.4, 0.5) is 5.69 Å². The second-order valence-electron chi connectivity index (χ2n) is 7.12. The average molecular weight is 383 g/mol. The summed E-state index contributed by atoms with van der Waals surface area (Å²) in [4.78, 5) is 30.0. The maximum atomic E-state index is 12.9. The van der Waals surface area contributed by atoms with Gasteiger partial charge in [0.2, 0.25) is 0 Å². The first-order chi connectivity index (χ1) is 13.9. The van der Waals surface area contributed by atoms with Gasteiger partial charge in [-0.05, 0) is 80.4 Å². The van der Waals surface area contributed by atoms with Crippen LogP contribution in [0.15, 0.2) is 71.5 Å². The van der Waals surface area contributed by atoms with Crippen molar-refractivity contribution in [1.82, 2.24) is 9.55 Å². The van der Waals surface area contributed by atoms with Crippen molar-refractivity contribution >= 4 is 22.5 Å². The Labute approximate surface area is 168 Å². The van der Waals surface area contributed by atoms with E-state index < -0.39 is 0 Å². The Bertz CT molecular complexity index is 1290. The lowest BCUT2D eigenvalue weighted by Gasteiger charge is -2.12. The number of hydrogen-bond acceptors (Lipinski definition) is 3. The number of para-hydroxylation sites is 1. The van der Waals surface area contributed by atoms with Crippen LogP contribution < -0.4 is 10.9 Å². The molecule has 0 aliphatic rings. The van der Waals surface area contributed by atoms with Crippen LogP contribution >= 0.6 is 0 Å². The quantitative estimate of drug-likeness (QED) is 0.564. The second-order valence-corrected chi connectivity index (χ2v) is 7.12. The number of nitrogens with one attached hydrogen (secondary N) is 1. The maximum absolute atomic E-state index is 12.9.